The standard InChI is InChI=1S/C26H26FN3O4S/c1-4-21-23(25(32)34-3)24(16-9-7-10-19(12-16)33-2)30-18(15-35-26(30)29-21)13-22(31)28-14-17-8-5-6-11-20(17)27/h5-12,15,24H,4,13-14H2,1-3H3,(H,28,31)/t24-/m0/s1. The van der Waals surface area contributed by atoms with Gasteiger partial charge in [0.25, 0.3) is 0 Å². The first-order chi connectivity index (χ1) is 17.0. The van der Waals surface area contributed by atoms with Gasteiger partial charge in [-0.3, -0.25) is 4.79 Å². The van der Waals surface area contributed by atoms with Gasteiger partial charge in [0.1, 0.15) is 11.6 Å². The number of amidine groups is 1. The van der Waals surface area contributed by atoms with Crippen molar-refractivity contribution in [1.82, 2.24) is 10.2 Å². The van der Waals surface area contributed by atoms with Crippen molar-refractivity contribution in [3.8, 4) is 5.75 Å². The molecule has 0 radical (unpaired) electrons. The zero-order valence-electron chi connectivity index (χ0n) is 19.7. The van der Waals surface area contributed by atoms with E-state index in [1.807, 2.05) is 41.5 Å². The van der Waals surface area contributed by atoms with E-state index in [0.29, 0.717) is 39.9 Å². The Balaban J connectivity index is 1.64. The fourth-order valence-electron chi connectivity index (χ4n) is 4.10. The summed E-state index contributed by atoms with van der Waals surface area (Å²) >= 11 is 1.40. The molecule has 0 saturated heterocycles. The monoisotopic (exact) mass is 495 g/mol. The van der Waals surface area contributed by atoms with Gasteiger partial charge in [-0.1, -0.05) is 49.0 Å². The average molecular weight is 496 g/mol. The van der Waals surface area contributed by atoms with E-state index in [2.05, 4.69) is 5.32 Å². The summed E-state index contributed by atoms with van der Waals surface area (Å²) in [4.78, 5) is 32.4. The molecule has 182 valence electrons. The summed E-state index contributed by atoms with van der Waals surface area (Å²) in [5.41, 5.74) is 2.97. The summed E-state index contributed by atoms with van der Waals surface area (Å²) in [6.45, 7) is 2.02. The van der Waals surface area contributed by atoms with Crippen molar-refractivity contribution in [3.63, 3.8) is 0 Å². The number of hydrogen-bond acceptors (Lipinski definition) is 7. The van der Waals surface area contributed by atoms with E-state index in [-0.39, 0.29) is 24.7 Å². The molecule has 1 amide bonds. The molecule has 9 heteroatoms. The normalized spacial score (nSPS) is 16.9. The Kier molecular flexibility index (Phi) is 7.55. The highest BCUT2D eigenvalue weighted by atomic mass is 32.2. The van der Waals surface area contributed by atoms with Crippen LogP contribution in [0, 0.1) is 5.82 Å². The first-order valence-corrected chi connectivity index (χ1v) is 12.0. The molecule has 0 unspecified atom stereocenters. The predicted molar refractivity (Wildman–Crippen MR) is 133 cm³/mol. The van der Waals surface area contributed by atoms with Crippen LogP contribution in [0.3, 0.4) is 0 Å². The SMILES string of the molecule is CCC1=C(C(=O)OC)[C@H](c2cccc(OC)c2)N2C(CC(=O)NCc3ccccc3F)=CSC2=N1. The molecule has 2 aromatic rings. The second-order valence-corrected chi connectivity index (χ2v) is 8.76. The van der Waals surface area contributed by atoms with Crippen LogP contribution in [0.25, 0.3) is 0 Å². The van der Waals surface area contributed by atoms with Crippen LogP contribution < -0.4 is 10.1 Å². The average Bonchev–Trinajstić information content (AvgIpc) is 3.28. The second kappa shape index (κ2) is 10.8. The molecule has 1 N–H and O–H groups in total. The van der Waals surface area contributed by atoms with Gasteiger partial charge in [0.05, 0.1) is 38.0 Å². The van der Waals surface area contributed by atoms with Crippen LogP contribution in [-0.4, -0.2) is 36.2 Å². The van der Waals surface area contributed by atoms with Crippen molar-refractivity contribution in [3.05, 3.63) is 87.9 Å². The molecule has 2 heterocycles. The summed E-state index contributed by atoms with van der Waals surface area (Å²) in [6.07, 6.45) is 0.581. The van der Waals surface area contributed by atoms with E-state index in [0.717, 1.165) is 5.56 Å². The number of thioether (sulfide) groups is 1. The zero-order valence-corrected chi connectivity index (χ0v) is 20.5. The van der Waals surface area contributed by atoms with Crippen molar-refractivity contribution in [2.45, 2.75) is 32.4 Å². The van der Waals surface area contributed by atoms with Crippen molar-refractivity contribution < 1.29 is 23.5 Å². The fourth-order valence-corrected chi connectivity index (χ4v) is 5.04. The van der Waals surface area contributed by atoms with Crippen molar-refractivity contribution in [1.29, 1.82) is 0 Å². The van der Waals surface area contributed by atoms with Crippen molar-refractivity contribution >= 4 is 28.8 Å². The Hall–Kier alpha value is -3.59. The Morgan fingerprint density at radius 3 is 2.69 bits per heavy atom. The Morgan fingerprint density at radius 2 is 1.97 bits per heavy atom. The number of hydrogen-bond donors (Lipinski definition) is 1. The molecule has 1 atom stereocenters. The van der Waals surface area contributed by atoms with E-state index in [9.17, 15) is 14.0 Å². The third kappa shape index (κ3) is 5.09. The minimum atomic E-state index is -0.541. The molecular formula is C26H26FN3O4S. The Morgan fingerprint density at radius 1 is 1.17 bits per heavy atom. The van der Waals surface area contributed by atoms with Crippen molar-refractivity contribution in [2.24, 2.45) is 4.99 Å². The quantitative estimate of drug-likeness (QED) is 0.536. The van der Waals surface area contributed by atoms with E-state index in [1.54, 1.807) is 25.3 Å². The number of fused-ring (bicyclic) bond motifs is 1. The Bertz CT molecular complexity index is 1240. The van der Waals surface area contributed by atoms with Gasteiger partial charge < -0.3 is 19.7 Å². The lowest BCUT2D eigenvalue weighted by Gasteiger charge is -2.36. The summed E-state index contributed by atoms with van der Waals surface area (Å²) in [5.74, 6) is -0.464. The maximum Gasteiger partial charge on any atom is 0.338 e. The molecule has 4 rings (SSSR count). The topological polar surface area (TPSA) is 80.2 Å². The molecule has 0 fully saturated rings. The van der Waals surface area contributed by atoms with Crippen LogP contribution in [0.4, 0.5) is 4.39 Å². The number of allylic oxidation sites excluding steroid dienone is 1. The van der Waals surface area contributed by atoms with Gasteiger partial charge in [0, 0.05) is 17.8 Å². The molecule has 0 spiro atoms. The third-order valence-electron chi connectivity index (χ3n) is 5.81. The lowest BCUT2D eigenvalue weighted by Crippen LogP contribution is -2.38. The third-order valence-corrected chi connectivity index (χ3v) is 6.70. The first kappa shape index (κ1) is 24.5. The van der Waals surface area contributed by atoms with Gasteiger partial charge in [0.15, 0.2) is 5.17 Å². The number of aliphatic imine (C=N–C) groups is 1. The van der Waals surface area contributed by atoms with Gasteiger partial charge in [0.2, 0.25) is 5.91 Å². The molecule has 0 aliphatic carbocycles. The smallest absolute Gasteiger partial charge is 0.338 e. The van der Waals surface area contributed by atoms with Crippen LogP contribution in [-0.2, 0) is 20.9 Å². The number of halogens is 1. The van der Waals surface area contributed by atoms with Gasteiger partial charge in [-0.2, -0.15) is 0 Å². The Labute approximate surface area is 207 Å². The summed E-state index contributed by atoms with van der Waals surface area (Å²) in [6, 6.07) is 13.2. The maximum atomic E-state index is 13.9. The van der Waals surface area contributed by atoms with E-state index in [1.165, 1.54) is 24.9 Å². The number of rotatable bonds is 8. The van der Waals surface area contributed by atoms with Crippen LogP contribution in [0.5, 0.6) is 5.75 Å². The molecule has 2 aromatic carbocycles. The summed E-state index contributed by atoms with van der Waals surface area (Å²) in [5, 5.41) is 5.32. The van der Waals surface area contributed by atoms with Gasteiger partial charge in [-0.15, -0.1) is 0 Å². The molecule has 0 aromatic heterocycles. The van der Waals surface area contributed by atoms with Crippen LogP contribution in [0.1, 0.15) is 36.9 Å². The molecule has 0 saturated carbocycles. The number of methoxy groups -OCH3 is 2. The van der Waals surface area contributed by atoms with E-state index >= 15 is 0 Å². The molecule has 35 heavy (non-hydrogen) atoms. The zero-order chi connectivity index (χ0) is 24.9. The second-order valence-electron chi connectivity index (χ2n) is 7.92. The van der Waals surface area contributed by atoms with Gasteiger partial charge in [-0.25, -0.2) is 14.2 Å². The largest absolute Gasteiger partial charge is 0.497 e. The minimum Gasteiger partial charge on any atom is -0.497 e. The van der Waals surface area contributed by atoms with E-state index < -0.39 is 12.0 Å². The lowest BCUT2D eigenvalue weighted by molar-refractivity contribution is -0.136. The van der Waals surface area contributed by atoms with Gasteiger partial charge >= 0.3 is 5.97 Å². The number of carbonyl (C=O) groups is 2. The first-order valence-electron chi connectivity index (χ1n) is 11.2. The van der Waals surface area contributed by atoms with E-state index in [4.69, 9.17) is 14.5 Å². The number of ether oxygens (including phenoxy) is 2. The number of nitrogens with one attached hydrogen (secondary N) is 1. The van der Waals surface area contributed by atoms with Crippen LogP contribution >= 0.6 is 11.8 Å². The number of amides is 1. The summed E-state index contributed by atoms with van der Waals surface area (Å²) < 4.78 is 24.5. The minimum absolute atomic E-state index is 0.0385. The number of esters is 1. The number of nitrogens with zero attached hydrogens (tertiary/aromatic N) is 2. The van der Waals surface area contributed by atoms with Gasteiger partial charge in [-0.05, 0) is 35.6 Å². The predicted octanol–water partition coefficient (Wildman–Crippen LogP) is 4.68. The highest BCUT2D eigenvalue weighted by Gasteiger charge is 2.41. The van der Waals surface area contributed by atoms with Crippen molar-refractivity contribution in [2.75, 3.05) is 14.2 Å². The summed E-state index contributed by atoms with van der Waals surface area (Å²) in [7, 11) is 2.93. The lowest BCUT2D eigenvalue weighted by atomic mass is 9.92. The molecular weight excluding hydrogens is 469 g/mol. The fraction of sp³-hybridized carbons (Fsp3) is 0.269. The molecule has 7 nitrogen and oxygen atoms in total. The van der Waals surface area contributed by atoms with Crippen LogP contribution in [0.15, 0.2) is 75.9 Å². The van der Waals surface area contributed by atoms with Crippen LogP contribution in [0.2, 0.25) is 0 Å². The highest BCUT2D eigenvalue weighted by Crippen LogP contribution is 2.45. The molecule has 2 aliphatic heterocycles. The maximum absolute atomic E-state index is 13.9. The highest BCUT2D eigenvalue weighted by molar-refractivity contribution is 8.16. The molecule has 2 aliphatic rings. The number of carbonyl (C=O) groups excluding carboxylic acids is 2. The number of benzene rings is 2. The molecule has 0 bridgehead atoms.